The number of nitrogens with zero attached hydrogens (tertiary/aromatic N) is 1. The van der Waals surface area contributed by atoms with E-state index in [9.17, 15) is 8.42 Å². The first kappa shape index (κ1) is 16.0. The summed E-state index contributed by atoms with van der Waals surface area (Å²) >= 11 is 3.36. The molecule has 0 unspecified atom stereocenters. The number of benzene rings is 1. The van der Waals surface area contributed by atoms with Crippen LogP contribution in [0.1, 0.15) is 12.0 Å². The predicted octanol–water partition coefficient (Wildman–Crippen LogP) is 3.43. The Hall–Kier alpha value is -1.40. The topological polar surface area (TPSA) is 59.1 Å². The Bertz CT molecular complexity index is 703. The van der Waals surface area contributed by atoms with Gasteiger partial charge in [0.2, 0.25) is 0 Å². The molecule has 1 aromatic carbocycles. The summed E-state index contributed by atoms with van der Waals surface area (Å²) in [6.07, 6.45) is 2.25. The molecule has 0 saturated heterocycles. The van der Waals surface area contributed by atoms with Crippen LogP contribution >= 0.6 is 15.9 Å². The highest BCUT2D eigenvalue weighted by Crippen LogP contribution is 2.17. The Kier molecular flexibility index (Phi) is 5.36. The van der Waals surface area contributed by atoms with Crippen LogP contribution in [0.4, 0.5) is 5.82 Å². The number of pyridine rings is 1. The van der Waals surface area contributed by atoms with Gasteiger partial charge in [-0.1, -0.05) is 18.2 Å². The number of sulfone groups is 1. The van der Waals surface area contributed by atoms with Gasteiger partial charge in [-0.05, 0) is 53.0 Å². The van der Waals surface area contributed by atoms with E-state index in [0.29, 0.717) is 17.9 Å². The lowest BCUT2D eigenvalue weighted by Gasteiger charge is -2.09. The van der Waals surface area contributed by atoms with Crippen LogP contribution in [0.2, 0.25) is 0 Å². The minimum absolute atomic E-state index is 0.125. The van der Waals surface area contributed by atoms with Crippen molar-refractivity contribution in [1.82, 2.24) is 4.98 Å². The quantitative estimate of drug-likeness (QED) is 0.793. The van der Waals surface area contributed by atoms with Crippen LogP contribution < -0.4 is 5.32 Å². The van der Waals surface area contributed by atoms with E-state index in [-0.39, 0.29) is 5.75 Å². The van der Waals surface area contributed by atoms with Gasteiger partial charge in [-0.3, -0.25) is 0 Å². The average molecular weight is 369 g/mol. The van der Waals surface area contributed by atoms with Crippen molar-refractivity contribution in [3.63, 3.8) is 0 Å². The number of hydrogen-bond acceptors (Lipinski definition) is 4. The van der Waals surface area contributed by atoms with Crippen molar-refractivity contribution in [3.05, 3.63) is 52.6 Å². The van der Waals surface area contributed by atoms with E-state index in [0.717, 1.165) is 15.9 Å². The fourth-order valence-electron chi connectivity index (χ4n) is 1.94. The summed E-state index contributed by atoms with van der Waals surface area (Å²) in [6, 6.07) is 10.5. The first-order chi connectivity index (χ1) is 9.99. The lowest BCUT2D eigenvalue weighted by molar-refractivity contribution is 0.594. The van der Waals surface area contributed by atoms with Crippen LogP contribution in [0.3, 0.4) is 0 Å². The summed E-state index contributed by atoms with van der Waals surface area (Å²) in [4.78, 5) is 4.64. The number of aryl methyl sites for hydroxylation is 1. The standard InChI is InChI=1S/C15H17BrN2O2S/c1-12-10-13(16)11-18-15(12)17-8-5-9-21(19,20)14-6-3-2-4-7-14/h2-4,6-7,10-11H,5,8-9H2,1H3,(H,17,18). The van der Waals surface area contributed by atoms with Gasteiger partial charge >= 0.3 is 0 Å². The van der Waals surface area contributed by atoms with Crippen molar-refractivity contribution < 1.29 is 8.42 Å². The fourth-order valence-corrected chi connectivity index (χ4v) is 3.72. The van der Waals surface area contributed by atoms with Crippen molar-refractivity contribution in [1.29, 1.82) is 0 Å². The highest BCUT2D eigenvalue weighted by Gasteiger charge is 2.13. The maximum atomic E-state index is 12.1. The van der Waals surface area contributed by atoms with E-state index in [1.54, 1.807) is 30.5 Å². The Balaban J connectivity index is 1.87. The molecule has 0 fully saturated rings. The first-order valence-electron chi connectivity index (χ1n) is 6.63. The Morgan fingerprint density at radius 2 is 1.95 bits per heavy atom. The zero-order valence-corrected chi connectivity index (χ0v) is 14.1. The molecule has 0 aliphatic rings. The van der Waals surface area contributed by atoms with Gasteiger partial charge < -0.3 is 5.32 Å². The second-order valence-corrected chi connectivity index (χ2v) is 7.76. The average Bonchev–Trinajstić information content (AvgIpc) is 2.46. The van der Waals surface area contributed by atoms with Crippen molar-refractivity contribution in [2.45, 2.75) is 18.2 Å². The molecule has 2 rings (SSSR count). The lowest BCUT2D eigenvalue weighted by Crippen LogP contribution is -2.12. The minimum atomic E-state index is -3.20. The third-order valence-electron chi connectivity index (χ3n) is 3.03. The largest absolute Gasteiger partial charge is 0.370 e. The van der Waals surface area contributed by atoms with Crippen molar-refractivity contribution in [2.24, 2.45) is 0 Å². The monoisotopic (exact) mass is 368 g/mol. The van der Waals surface area contributed by atoms with E-state index in [2.05, 4.69) is 26.2 Å². The first-order valence-corrected chi connectivity index (χ1v) is 9.07. The molecule has 0 bridgehead atoms. The summed E-state index contributed by atoms with van der Waals surface area (Å²) in [5.74, 6) is 0.912. The molecular formula is C15H17BrN2O2S. The zero-order chi connectivity index (χ0) is 15.3. The molecule has 112 valence electrons. The number of halogens is 1. The number of rotatable bonds is 6. The maximum absolute atomic E-state index is 12.1. The van der Waals surface area contributed by atoms with Crippen molar-refractivity contribution in [2.75, 3.05) is 17.6 Å². The molecule has 21 heavy (non-hydrogen) atoms. The predicted molar refractivity (Wildman–Crippen MR) is 88.3 cm³/mol. The summed E-state index contributed by atoms with van der Waals surface area (Å²) < 4.78 is 25.1. The molecule has 1 N–H and O–H groups in total. The van der Waals surface area contributed by atoms with Gasteiger partial charge in [-0.25, -0.2) is 13.4 Å². The highest BCUT2D eigenvalue weighted by molar-refractivity contribution is 9.10. The molecule has 1 aromatic heterocycles. The minimum Gasteiger partial charge on any atom is -0.370 e. The van der Waals surface area contributed by atoms with Gasteiger partial charge in [0.1, 0.15) is 5.82 Å². The zero-order valence-electron chi connectivity index (χ0n) is 11.7. The fraction of sp³-hybridized carbons (Fsp3) is 0.267. The summed E-state index contributed by atoms with van der Waals surface area (Å²) in [5, 5.41) is 3.17. The molecule has 2 aromatic rings. The van der Waals surface area contributed by atoms with Crippen molar-refractivity contribution >= 4 is 31.6 Å². The smallest absolute Gasteiger partial charge is 0.178 e. The summed E-state index contributed by atoms with van der Waals surface area (Å²) in [5.41, 5.74) is 1.02. The third-order valence-corrected chi connectivity index (χ3v) is 5.28. The Morgan fingerprint density at radius 3 is 2.62 bits per heavy atom. The molecule has 0 amide bonds. The maximum Gasteiger partial charge on any atom is 0.178 e. The molecule has 0 aliphatic heterocycles. The molecule has 6 heteroatoms. The Morgan fingerprint density at radius 1 is 1.24 bits per heavy atom. The van der Waals surface area contributed by atoms with Gasteiger partial charge in [-0.15, -0.1) is 0 Å². The lowest BCUT2D eigenvalue weighted by atomic mass is 10.3. The second kappa shape index (κ2) is 7.04. The molecule has 0 aliphatic carbocycles. The van der Waals surface area contributed by atoms with Crippen LogP contribution in [0.5, 0.6) is 0 Å². The van der Waals surface area contributed by atoms with E-state index in [1.165, 1.54) is 0 Å². The van der Waals surface area contributed by atoms with Gasteiger partial charge in [0.05, 0.1) is 10.6 Å². The number of aromatic nitrogens is 1. The highest BCUT2D eigenvalue weighted by atomic mass is 79.9. The molecule has 0 spiro atoms. The van der Waals surface area contributed by atoms with Gasteiger partial charge in [-0.2, -0.15) is 0 Å². The van der Waals surface area contributed by atoms with Gasteiger partial charge in [0.25, 0.3) is 0 Å². The molecule has 4 nitrogen and oxygen atoms in total. The van der Waals surface area contributed by atoms with E-state index in [4.69, 9.17) is 0 Å². The molecule has 1 heterocycles. The van der Waals surface area contributed by atoms with Crippen LogP contribution in [-0.4, -0.2) is 25.7 Å². The van der Waals surface area contributed by atoms with Crippen molar-refractivity contribution in [3.8, 4) is 0 Å². The number of anilines is 1. The normalized spacial score (nSPS) is 11.3. The van der Waals surface area contributed by atoms with Crippen LogP contribution in [-0.2, 0) is 9.84 Å². The van der Waals surface area contributed by atoms with Gasteiger partial charge in [0, 0.05) is 17.2 Å². The molecule has 0 radical (unpaired) electrons. The number of hydrogen-bond donors (Lipinski definition) is 1. The number of nitrogens with one attached hydrogen (secondary N) is 1. The second-order valence-electron chi connectivity index (χ2n) is 4.73. The SMILES string of the molecule is Cc1cc(Br)cnc1NCCCS(=O)(=O)c1ccccc1. The molecule has 0 saturated carbocycles. The van der Waals surface area contributed by atoms with E-state index >= 15 is 0 Å². The van der Waals surface area contributed by atoms with E-state index < -0.39 is 9.84 Å². The van der Waals surface area contributed by atoms with Crippen LogP contribution in [0.15, 0.2) is 52.0 Å². The van der Waals surface area contributed by atoms with Crippen LogP contribution in [0, 0.1) is 6.92 Å². The van der Waals surface area contributed by atoms with Gasteiger partial charge in [0.15, 0.2) is 9.84 Å². The summed E-state index contributed by atoms with van der Waals surface area (Å²) in [7, 11) is -3.20. The summed E-state index contributed by atoms with van der Waals surface area (Å²) in [6.45, 7) is 2.53. The third kappa shape index (κ3) is 4.54. The van der Waals surface area contributed by atoms with E-state index in [1.807, 2.05) is 19.1 Å². The Labute approximate surface area is 133 Å². The van der Waals surface area contributed by atoms with Crippen LogP contribution in [0.25, 0.3) is 0 Å². The molecule has 0 atom stereocenters. The molecular weight excluding hydrogens is 352 g/mol.